The van der Waals surface area contributed by atoms with Crippen LogP contribution in [0, 0.1) is 0 Å². The van der Waals surface area contributed by atoms with Gasteiger partial charge < -0.3 is 15.8 Å². The van der Waals surface area contributed by atoms with Gasteiger partial charge in [0.05, 0.1) is 12.7 Å². The van der Waals surface area contributed by atoms with E-state index in [2.05, 4.69) is 5.32 Å². The minimum atomic E-state index is -0.478. The number of para-hydroxylation sites is 1. The second kappa shape index (κ2) is 8.19. The highest BCUT2D eigenvalue weighted by Crippen LogP contribution is 2.37. The Kier molecular flexibility index (Phi) is 5.73. The molecule has 0 aliphatic heterocycles. The molecule has 2 amide bonds. The number of hydrogen-bond acceptors (Lipinski definition) is 4. The van der Waals surface area contributed by atoms with E-state index in [4.69, 9.17) is 10.5 Å². The van der Waals surface area contributed by atoms with Gasteiger partial charge >= 0.3 is 0 Å². The van der Waals surface area contributed by atoms with Crippen molar-refractivity contribution in [2.24, 2.45) is 5.73 Å². The first-order valence-corrected chi connectivity index (χ1v) is 9.48. The van der Waals surface area contributed by atoms with Crippen LogP contribution in [0.4, 0.5) is 5.00 Å². The number of thiophene rings is 1. The molecule has 1 aliphatic rings. The van der Waals surface area contributed by atoms with E-state index < -0.39 is 5.91 Å². The Morgan fingerprint density at radius 2 is 1.96 bits per heavy atom. The van der Waals surface area contributed by atoms with Crippen LogP contribution in [0.15, 0.2) is 30.3 Å². The van der Waals surface area contributed by atoms with Crippen molar-refractivity contribution < 1.29 is 14.3 Å². The molecule has 0 bridgehead atoms. The zero-order chi connectivity index (χ0) is 18.5. The highest BCUT2D eigenvalue weighted by Gasteiger charge is 2.23. The lowest BCUT2D eigenvalue weighted by Gasteiger charge is -2.05. The molecule has 1 aromatic carbocycles. The third kappa shape index (κ3) is 3.96. The number of primary amides is 1. The predicted octanol–water partition coefficient (Wildman–Crippen LogP) is 3.78. The number of nitrogens with one attached hydrogen (secondary N) is 1. The SMILES string of the molecule is COc1ccccc1/C=C/C(=O)Nc1sc2c(c1C(N)=O)CCCCC2. The summed E-state index contributed by atoms with van der Waals surface area (Å²) in [6, 6.07) is 7.44. The number of carbonyl (C=O) groups excluding carboxylic acids is 2. The van der Waals surface area contributed by atoms with E-state index in [0.717, 1.165) is 43.2 Å². The van der Waals surface area contributed by atoms with E-state index in [1.165, 1.54) is 22.3 Å². The van der Waals surface area contributed by atoms with Gasteiger partial charge in [-0.15, -0.1) is 11.3 Å². The monoisotopic (exact) mass is 370 g/mol. The molecule has 26 heavy (non-hydrogen) atoms. The van der Waals surface area contributed by atoms with Crippen LogP contribution in [0.2, 0.25) is 0 Å². The van der Waals surface area contributed by atoms with Crippen molar-refractivity contribution in [2.75, 3.05) is 12.4 Å². The van der Waals surface area contributed by atoms with Crippen LogP contribution in [0.1, 0.15) is 45.6 Å². The number of carbonyl (C=O) groups is 2. The minimum Gasteiger partial charge on any atom is -0.496 e. The maximum atomic E-state index is 12.4. The Hall–Kier alpha value is -2.60. The molecule has 136 valence electrons. The van der Waals surface area contributed by atoms with Crippen LogP contribution in [-0.4, -0.2) is 18.9 Å². The summed E-state index contributed by atoms with van der Waals surface area (Å²) < 4.78 is 5.27. The van der Waals surface area contributed by atoms with Crippen molar-refractivity contribution in [1.29, 1.82) is 0 Å². The van der Waals surface area contributed by atoms with Gasteiger partial charge in [-0.3, -0.25) is 9.59 Å². The third-order valence-electron chi connectivity index (χ3n) is 4.46. The third-order valence-corrected chi connectivity index (χ3v) is 5.66. The molecule has 1 aromatic heterocycles. The van der Waals surface area contributed by atoms with Crippen molar-refractivity contribution in [3.05, 3.63) is 51.9 Å². The molecule has 0 spiro atoms. The van der Waals surface area contributed by atoms with Crippen molar-refractivity contribution in [3.63, 3.8) is 0 Å². The lowest BCUT2D eigenvalue weighted by Crippen LogP contribution is -2.16. The smallest absolute Gasteiger partial charge is 0.251 e. The molecule has 0 atom stereocenters. The van der Waals surface area contributed by atoms with E-state index in [1.807, 2.05) is 24.3 Å². The van der Waals surface area contributed by atoms with Crippen molar-refractivity contribution in [2.45, 2.75) is 32.1 Å². The molecule has 5 nitrogen and oxygen atoms in total. The summed E-state index contributed by atoms with van der Waals surface area (Å²) in [4.78, 5) is 25.5. The summed E-state index contributed by atoms with van der Waals surface area (Å²) in [5.74, 6) is -0.0829. The van der Waals surface area contributed by atoms with Crippen LogP contribution in [0.5, 0.6) is 5.75 Å². The number of nitrogens with two attached hydrogens (primary N) is 1. The molecule has 0 fully saturated rings. The molecule has 0 radical (unpaired) electrons. The summed E-state index contributed by atoms with van der Waals surface area (Å²) >= 11 is 1.47. The van der Waals surface area contributed by atoms with Gasteiger partial charge in [0.15, 0.2) is 0 Å². The summed E-state index contributed by atoms with van der Waals surface area (Å²) in [6.07, 6.45) is 8.22. The van der Waals surface area contributed by atoms with Gasteiger partial charge in [-0.2, -0.15) is 0 Å². The maximum Gasteiger partial charge on any atom is 0.251 e. The molecular formula is C20H22N2O3S. The van der Waals surface area contributed by atoms with Gasteiger partial charge in [-0.25, -0.2) is 0 Å². The predicted molar refractivity (Wildman–Crippen MR) is 105 cm³/mol. The zero-order valence-electron chi connectivity index (χ0n) is 14.7. The fourth-order valence-electron chi connectivity index (χ4n) is 3.21. The molecule has 6 heteroatoms. The molecule has 2 aromatic rings. The Morgan fingerprint density at radius 3 is 2.73 bits per heavy atom. The van der Waals surface area contributed by atoms with Gasteiger partial charge in [0.25, 0.3) is 5.91 Å². The van der Waals surface area contributed by atoms with Crippen molar-refractivity contribution in [3.8, 4) is 5.75 Å². The van der Waals surface area contributed by atoms with Gasteiger partial charge in [0, 0.05) is 16.5 Å². The topological polar surface area (TPSA) is 81.4 Å². The molecule has 1 aliphatic carbocycles. The fraction of sp³-hybridized carbons (Fsp3) is 0.300. The number of aryl methyl sites for hydroxylation is 1. The largest absolute Gasteiger partial charge is 0.496 e. The molecule has 0 saturated carbocycles. The molecule has 3 N–H and O–H groups in total. The normalized spacial score (nSPS) is 13.9. The van der Waals surface area contributed by atoms with E-state index in [0.29, 0.717) is 16.3 Å². The number of amides is 2. The molecular weight excluding hydrogens is 348 g/mol. The first-order valence-electron chi connectivity index (χ1n) is 8.66. The van der Waals surface area contributed by atoms with Crippen LogP contribution < -0.4 is 15.8 Å². The standard InChI is InChI=1S/C20H22N2O3S/c1-25-15-9-6-5-7-13(15)11-12-17(23)22-20-18(19(21)24)14-8-3-2-4-10-16(14)26-20/h5-7,9,11-12H,2-4,8,10H2,1H3,(H2,21,24)(H,22,23)/b12-11+. The fourth-order valence-corrected chi connectivity index (χ4v) is 4.51. The van der Waals surface area contributed by atoms with Gasteiger partial charge in [0.2, 0.25) is 5.91 Å². The van der Waals surface area contributed by atoms with E-state index >= 15 is 0 Å². The van der Waals surface area contributed by atoms with E-state index in [1.54, 1.807) is 13.2 Å². The highest BCUT2D eigenvalue weighted by atomic mass is 32.1. The Morgan fingerprint density at radius 1 is 1.19 bits per heavy atom. The number of methoxy groups -OCH3 is 1. The molecule has 1 heterocycles. The average molecular weight is 370 g/mol. The van der Waals surface area contributed by atoms with Gasteiger partial charge in [-0.05, 0) is 43.4 Å². The second-order valence-electron chi connectivity index (χ2n) is 6.20. The van der Waals surface area contributed by atoms with E-state index in [9.17, 15) is 9.59 Å². The number of hydrogen-bond donors (Lipinski definition) is 2. The lowest BCUT2D eigenvalue weighted by molar-refractivity contribution is -0.111. The second-order valence-corrected chi connectivity index (χ2v) is 7.30. The lowest BCUT2D eigenvalue weighted by atomic mass is 10.1. The van der Waals surface area contributed by atoms with Crippen molar-refractivity contribution >= 4 is 34.2 Å². The summed E-state index contributed by atoms with van der Waals surface area (Å²) in [5.41, 5.74) is 7.90. The number of benzene rings is 1. The Balaban J connectivity index is 1.81. The summed E-state index contributed by atoms with van der Waals surface area (Å²) in [7, 11) is 1.59. The molecule has 3 rings (SSSR count). The average Bonchev–Trinajstić information content (AvgIpc) is 2.81. The minimum absolute atomic E-state index is 0.296. The summed E-state index contributed by atoms with van der Waals surface area (Å²) in [6.45, 7) is 0. The molecule has 0 saturated heterocycles. The van der Waals surface area contributed by atoms with E-state index in [-0.39, 0.29) is 5.91 Å². The zero-order valence-corrected chi connectivity index (χ0v) is 15.5. The van der Waals surface area contributed by atoms with Gasteiger partial charge in [0.1, 0.15) is 10.8 Å². The Bertz CT molecular complexity index is 855. The first kappa shape index (κ1) is 18.2. The van der Waals surface area contributed by atoms with Crippen LogP contribution in [0.3, 0.4) is 0 Å². The quantitative estimate of drug-likeness (QED) is 0.621. The van der Waals surface area contributed by atoms with Crippen molar-refractivity contribution in [1.82, 2.24) is 0 Å². The molecule has 0 unspecified atom stereocenters. The number of fused-ring (bicyclic) bond motifs is 1. The number of rotatable bonds is 5. The van der Waals surface area contributed by atoms with Crippen LogP contribution >= 0.6 is 11.3 Å². The summed E-state index contributed by atoms with van der Waals surface area (Å²) in [5, 5.41) is 3.38. The van der Waals surface area contributed by atoms with Gasteiger partial charge in [-0.1, -0.05) is 24.6 Å². The van der Waals surface area contributed by atoms with Crippen LogP contribution in [-0.2, 0) is 17.6 Å². The first-order chi connectivity index (χ1) is 12.6. The number of anilines is 1. The highest BCUT2D eigenvalue weighted by molar-refractivity contribution is 7.17. The number of ether oxygens (including phenoxy) is 1. The van der Waals surface area contributed by atoms with Crippen LogP contribution in [0.25, 0.3) is 6.08 Å². The Labute approximate surface area is 156 Å². The maximum absolute atomic E-state index is 12.4.